The molecule has 2 amide bonds. The summed E-state index contributed by atoms with van der Waals surface area (Å²) in [6.45, 7) is 5.02. The molecule has 29 heavy (non-hydrogen) atoms. The first-order valence-corrected chi connectivity index (χ1v) is 10.2. The second-order valence-electron chi connectivity index (χ2n) is 6.88. The molecule has 2 aromatic rings. The zero-order valence-corrected chi connectivity index (χ0v) is 17.4. The van der Waals surface area contributed by atoms with Crippen LogP contribution >= 0.6 is 11.8 Å². The lowest BCUT2D eigenvalue weighted by atomic mass is 10.1. The number of thioether (sulfide) groups is 1. The Hall–Kier alpha value is -2.81. The van der Waals surface area contributed by atoms with Crippen LogP contribution in [0.5, 0.6) is 11.6 Å². The van der Waals surface area contributed by atoms with Crippen LogP contribution in [0.2, 0.25) is 0 Å². The summed E-state index contributed by atoms with van der Waals surface area (Å²) in [7, 11) is 1.93. The summed E-state index contributed by atoms with van der Waals surface area (Å²) in [5.41, 5.74) is 0.982. The van der Waals surface area contributed by atoms with E-state index in [4.69, 9.17) is 9.47 Å². The highest BCUT2D eigenvalue weighted by Gasteiger charge is 2.31. The molecule has 1 atom stereocenters. The predicted octanol–water partition coefficient (Wildman–Crippen LogP) is 2.67. The summed E-state index contributed by atoms with van der Waals surface area (Å²) in [4.78, 5) is 33.2. The molecule has 1 unspecified atom stereocenters. The summed E-state index contributed by atoms with van der Waals surface area (Å²) in [6, 6.07) is 9.36. The topological polar surface area (TPSA) is 93.7 Å². The van der Waals surface area contributed by atoms with Gasteiger partial charge in [-0.1, -0.05) is 23.9 Å². The molecule has 3 rings (SSSR count). The van der Waals surface area contributed by atoms with E-state index in [9.17, 15) is 9.59 Å². The molecule has 1 aromatic heterocycles. The molecule has 9 heteroatoms. The van der Waals surface area contributed by atoms with Crippen LogP contribution in [0.3, 0.4) is 0 Å². The van der Waals surface area contributed by atoms with Crippen LogP contribution in [0.1, 0.15) is 19.4 Å². The molecule has 0 spiro atoms. The van der Waals surface area contributed by atoms with Crippen molar-refractivity contribution in [1.29, 1.82) is 0 Å². The number of hydrogen-bond acceptors (Lipinski definition) is 8. The number of likely N-dealkylation sites (N-methyl/N-ethyl adjacent to an activating group) is 1. The van der Waals surface area contributed by atoms with Crippen molar-refractivity contribution in [2.24, 2.45) is 0 Å². The average Bonchev–Trinajstić information content (AvgIpc) is 2.99. The van der Waals surface area contributed by atoms with E-state index in [1.165, 1.54) is 6.33 Å². The zero-order chi connectivity index (χ0) is 20.8. The third-order valence-electron chi connectivity index (χ3n) is 4.18. The number of benzene rings is 1. The number of amides is 2. The Morgan fingerprint density at radius 2 is 1.97 bits per heavy atom. The highest BCUT2D eigenvalue weighted by molar-refractivity contribution is 8.15. The van der Waals surface area contributed by atoms with Crippen molar-refractivity contribution in [1.82, 2.24) is 15.3 Å². The quantitative estimate of drug-likeness (QED) is 0.667. The maximum atomic E-state index is 11.7. The van der Waals surface area contributed by atoms with Crippen LogP contribution in [-0.4, -0.2) is 52.7 Å². The smallest absolute Gasteiger partial charge is 0.286 e. The zero-order valence-electron chi connectivity index (χ0n) is 16.6. The van der Waals surface area contributed by atoms with Crippen molar-refractivity contribution >= 4 is 28.7 Å². The summed E-state index contributed by atoms with van der Waals surface area (Å²) in [5, 5.41) is 1.66. The number of ether oxygens (including phenoxy) is 2. The van der Waals surface area contributed by atoms with Crippen molar-refractivity contribution in [2.45, 2.75) is 31.6 Å². The molecular formula is C20H24N4O4S. The van der Waals surface area contributed by atoms with Crippen LogP contribution in [-0.2, 0) is 11.2 Å². The molecule has 0 radical (unpaired) electrons. The van der Waals surface area contributed by atoms with Crippen LogP contribution in [0.15, 0.2) is 36.7 Å². The Balaban J connectivity index is 1.46. The van der Waals surface area contributed by atoms with E-state index in [1.807, 2.05) is 50.1 Å². The molecule has 154 valence electrons. The molecule has 0 bridgehead atoms. The molecule has 1 saturated heterocycles. The molecule has 1 aliphatic heterocycles. The van der Waals surface area contributed by atoms with Crippen LogP contribution in [0.4, 0.5) is 10.6 Å². The van der Waals surface area contributed by atoms with Gasteiger partial charge in [0.15, 0.2) is 0 Å². The number of imide groups is 1. The summed E-state index contributed by atoms with van der Waals surface area (Å²) in [5.74, 6) is 1.82. The molecule has 1 fully saturated rings. The van der Waals surface area contributed by atoms with Gasteiger partial charge < -0.3 is 14.4 Å². The first-order valence-electron chi connectivity index (χ1n) is 9.34. The fraction of sp³-hybridized carbons (Fsp3) is 0.400. The number of nitrogens with zero attached hydrogens (tertiary/aromatic N) is 3. The highest BCUT2D eigenvalue weighted by Crippen LogP contribution is 2.24. The Morgan fingerprint density at radius 1 is 1.21 bits per heavy atom. The van der Waals surface area contributed by atoms with E-state index in [0.717, 1.165) is 28.9 Å². The Labute approximate surface area is 174 Å². The van der Waals surface area contributed by atoms with Crippen molar-refractivity contribution in [3.05, 3.63) is 42.2 Å². The molecule has 0 saturated carbocycles. The van der Waals surface area contributed by atoms with Gasteiger partial charge in [-0.15, -0.1) is 0 Å². The van der Waals surface area contributed by atoms with Crippen molar-refractivity contribution in [3.8, 4) is 11.6 Å². The third-order valence-corrected chi connectivity index (χ3v) is 5.16. The fourth-order valence-electron chi connectivity index (χ4n) is 2.72. The van der Waals surface area contributed by atoms with E-state index in [-0.39, 0.29) is 22.5 Å². The van der Waals surface area contributed by atoms with Crippen LogP contribution in [0, 0.1) is 0 Å². The molecule has 0 aliphatic carbocycles. The first kappa shape index (κ1) is 20.9. The minimum atomic E-state index is -0.361. The van der Waals surface area contributed by atoms with Gasteiger partial charge in [-0.3, -0.25) is 14.9 Å². The summed E-state index contributed by atoms with van der Waals surface area (Å²) in [6.07, 6.45) is 2.05. The SMILES string of the molecule is CC(C)Oc1cc(N(C)CCOc2ccc(CC3SC(=O)NC3=O)cc2)ncn1. The van der Waals surface area contributed by atoms with Gasteiger partial charge >= 0.3 is 0 Å². The van der Waals surface area contributed by atoms with E-state index in [0.29, 0.717) is 25.5 Å². The van der Waals surface area contributed by atoms with Gasteiger partial charge in [0, 0.05) is 13.1 Å². The number of nitrogens with one attached hydrogen (secondary N) is 1. The van der Waals surface area contributed by atoms with Gasteiger partial charge in [0.25, 0.3) is 5.24 Å². The standard InChI is InChI=1S/C20H24N4O4S/c1-13(2)28-18-11-17(21-12-22-18)24(3)8-9-27-15-6-4-14(5-7-15)10-16-19(25)23-20(26)29-16/h4-7,11-13,16H,8-10H2,1-3H3,(H,23,25,26). The van der Waals surface area contributed by atoms with Gasteiger partial charge in [0.1, 0.15) is 24.5 Å². The van der Waals surface area contributed by atoms with Crippen molar-refractivity contribution in [2.75, 3.05) is 25.1 Å². The molecule has 1 aliphatic rings. The van der Waals surface area contributed by atoms with Crippen LogP contribution in [0.25, 0.3) is 0 Å². The highest BCUT2D eigenvalue weighted by atomic mass is 32.2. The monoisotopic (exact) mass is 416 g/mol. The lowest BCUT2D eigenvalue weighted by molar-refractivity contribution is -0.118. The lowest BCUT2D eigenvalue weighted by Gasteiger charge is -2.19. The first-order chi connectivity index (χ1) is 13.9. The van der Waals surface area contributed by atoms with Crippen LogP contribution < -0.4 is 19.7 Å². The second-order valence-corrected chi connectivity index (χ2v) is 8.06. The normalized spacial score (nSPS) is 16.1. The summed E-state index contributed by atoms with van der Waals surface area (Å²) < 4.78 is 11.4. The maximum Gasteiger partial charge on any atom is 0.286 e. The predicted molar refractivity (Wildman–Crippen MR) is 112 cm³/mol. The van der Waals surface area contributed by atoms with Gasteiger partial charge in [0.05, 0.1) is 17.9 Å². The average molecular weight is 417 g/mol. The Bertz CT molecular complexity index is 860. The fourth-order valence-corrected chi connectivity index (χ4v) is 3.58. The van der Waals surface area contributed by atoms with E-state index < -0.39 is 0 Å². The Kier molecular flexibility index (Phi) is 6.92. The van der Waals surface area contributed by atoms with Gasteiger partial charge in [-0.2, -0.15) is 0 Å². The number of anilines is 1. The van der Waals surface area contributed by atoms with Gasteiger partial charge in [0.2, 0.25) is 11.8 Å². The molecule has 8 nitrogen and oxygen atoms in total. The molecule has 2 heterocycles. The van der Waals surface area contributed by atoms with E-state index >= 15 is 0 Å². The minimum Gasteiger partial charge on any atom is -0.492 e. The van der Waals surface area contributed by atoms with Gasteiger partial charge in [-0.05, 0) is 38.0 Å². The molecular weight excluding hydrogens is 392 g/mol. The number of aromatic nitrogens is 2. The largest absolute Gasteiger partial charge is 0.492 e. The third kappa shape index (κ3) is 6.08. The molecule has 1 N–H and O–H groups in total. The van der Waals surface area contributed by atoms with E-state index in [1.54, 1.807) is 6.07 Å². The lowest BCUT2D eigenvalue weighted by Crippen LogP contribution is -2.25. The number of rotatable bonds is 9. The number of hydrogen-bond donors (Lipinski definition) is 1. The van der Waals surface area contributed by atoms with E-state index in [2.05, 4.69) is 15.3 Å². The Morgan fingerprint density at radius 3 is 2.62 bits per heavy atom. The van der Waals surface area contributed by atoms with Gasteiger partial charge in [-0.25, -0.2) is 9.97 Å². The maximum absolute atomic E-state index is 11.7. The van der Waals surface area contributed by atoms with Crippen molar-refractivity contribution < 1.29 is 19.1 Å². The molecule has 1 aromatic carbocycles. The number of carbonyl (C=O) groups is 2. The second kappa shape index (κ2) is 9.60. The number of carbonyl (C=O) groups excluding carboxylic acids is 2. The summed E-state index contributed by atoms with van der Waals surface area (Å²) >= 11 is 1.04. The van der Waals surface area contributed by atoms with Crippen molar-refractivity contribution in [3.63, 3.8) is 0 Å². The minimum absolute atomic E-state index is 0.0523.